The zero-order valence-corrected chi connectivity index (χ0v) is 9.22. The molecule has 0 atom stereocenters. The van der Waals surface area contributed by atoms with E-state index in [1.165, 1.54) is 0 Å². The number of hydrogen-bond acceptors (Lipinski definition) is 3. The molecule has 0 saturated heterocycles. The molecule has 0 amide bonds. The minimum Gasteiger partial charge on any atom is -0.496 e. The summed E-state index contributed by atoms with van der Waals surface area (Å²) < 4.78 is 42.0. The molecule has 0 saturated carbocycles. The van der Waals surface area contributed by atoms with Gasteiger partial charge in [-0.25, -0.2) is 0 Å². The van der Waals surface area contributed by atoms with Crippen LogP contribution >= 0.6 is 11.6 Å². The Morgan fingerprint density at radius 1 is 1.41 bits per heavy atom. The van der Waals surface area contributed by atoms with Crippen LogP contribution in [-0.2, 0) is 6.18 Å². The summed E-state index contributed by atoms with van der Waals surface area (Å²) in [7, 11) is 1.08. The monoisotopic (exact) mass is 266 g/mol. The lowest BCUT2D eigenvalue weighted by molar-refractivity contribution is -0.137. The summed E-state index contributed by atoms with van der Waals surface area (Å²) in [5, 5.41) is -1.06. The van der Waals surface area contributed by atoms with Crippen molar-refractivity contribution in [2.75, 3.05) is 7.11 Å². The molecule has 17 heavy (non-hydrogen) atoms. The fraction of sp³-hybridized carbons (Fsp3) is 0.200. The molecular formula is C10H6ClF3O3. The molecule has 0 radical (unpaired) electrons. The average Bonchev–Trinajstić information content (AvgIpc) is 2.25. The summed E-state index contributed by atoms with van der Waals surface area (Å²) in [5.74, 6) is -0.387. The third-order valence-corrected chi connectivity index (χ3v) is 2.19. The van der Waals surface area contributed by atoms with Gasteiger partial charge in [0, 0.05) is 5.56 Å². The van der Waals surface area contributed by atoms with Crippen molar-refractivity contribution in [1.29, 1.82) is 0 Å². The summed E-state index contributed by atoms with van der Waals surface area (Å²) in [4.78, 5) is 21.7. The van der Waals surface area contributed by atoms with E-state index in [0.717, 1.165) is 7.11 Å². The number of carbonyl (C=O) groups excluding carboxylic acids is 2. The average molecular weight is 267 g/mol. The highest BCUT2D eigenvalue weighted by Gasteiger charge is 2.33. The number of halogens is 4. The van der Waals surface area contributed by atoms with Crippen molar-refractivity contribution < 1.29 is 27.5 Å². The number of benzene rings is 1. The fourth-order valence-corrected chi connectivity index (χ4v) is 1.47. The van der Waals surface area contributed by atoms with Crippen molar-refractivity contribution in [3.8, 4) is 5.75 Å². The molecule has 0 aliphatic carbocycles. The van der Waals surface area contributed by atoms with E-state index in [0.29, 0.717) is 12.1 Å². The molecule has 1 aromatic rings. The van der Waals surface area contributed by atoms with Crippen LogP contribution in [0.3, 0.4) is 0 Å². The van der Waals surface area contributed by atoms with Gasteiger partial charge in [-0.05, 0) is 23.7 Å². The van der Waals surface area contributed by atoms with E-state index in [2.05, 4.69) is 4.74 Å². The molecule has 0 spiro atoms. The van der Waals surface area contributed by atoms with Crippen molar-refractivity contribution in [3.05, 3.63) is 28.8 Å². The first-order valence-corrected chi connectivity index (χ1v) is 4.63. The van der Waals surface area contributed by atoms with Crippen LogP contribution in [0.2, 0.25) is 0 Å². The standard InChI is InChI=1S/C10H6ClF3O3/c1-17-7-3-6(10(12,13)14)2-5(4-15)8(7)9(11)16/h2-4H,1H3. The van der Waals surface area contributed by atoms with Crippen molar-refractivity contribution in [1.82, 2.24) is 0 Å². The second-order valence-electron chi connectivity index (χ2n) is 3.03. The zero-order chi connectivity index (χ0) is 13.2. The molecule has 7 heteroatoms. The Labute approximate surface area is 99.1 Å². The quantitative estimate of drug-likeness (QED) is 0.624. The topological polar surface area (TPSA) is 43.4 Å². The smallest absolute Gasteiger partial charge is 0.416 e. The van der Waals surface area contributed by atoms with Crippen molar-refractivity contribution in [2.24, 2.45) is 0 Å². The Morgan fingerprint density at radius 2 is 2.00 bits per heavy atom. The van der Waals surface area contributed by atoms with Gasteiger partial charge >= 0.3 is 6.18 Å². The SMILES string of the molecule is COc1cc(C(F)(F)F)cc(C=O)c1C(=O)Cl. The minimum atomic E-state index is -4.64. The second-order valence-corrected chi connectivity index (χ2v) is 3.38. The van der Waals surface area contributed by atoms with Crippen LogP contribution in [0.1, 0.15) is 26.3 Å². The van der Waals surface area contributed by atoms with Crippen molar-refractivity contribution >= 4 is 23.1 Å². The second kappa shape index (κ2) is 4.75. The van der Waals surface area contributed by atoms with E-state index >= 15 is 0 Å². The van der Waals surface area contributed by atoms with E-state index in [9.17, 15) is 22.8 Å². The van der Waals surface area contributed by atoms with Crippen LogP contribution < -0.4 is 4.74 Å². The first kappa shape index (κ1) is 13.5. The molecule has 0 fully saturated rings. The minimum absolute atomic E-state index is 0.118. The molecular weight excluding hydrogens is 261 g/mol. The summed E-state index contributed by atoms with van der Waals surface area (Å²) in [6, 6.07) is 1.16. The first-order chi connectivity index (χ1) is 7.81. The third-order valence-electron chi connectivity index (χ3n) is 2.00. The summed E-state index contributed by atoms with van der Waals surface area (Å²) in [6.45, 7) is 0. The number of hydrogen-bond donors (Lipinski definition) is 0. The third kappa shape index (κ3) is 2.76. The van der Waals surface area contributed by atoms with Gasteiger partial charge in [0.25, 0.3) is 5.24 Å². The molecule has 0 N–H and O–H groups in total. The lowest BCUT2D eigenvalue weighted by Crippen LogP contribution is -2.09. The lowest BCUT2D eigenvalue weighted by atomic mass is 10.0. The highest BCUT2D eigenvalue weighted by Crippen LogP contribution is 2.35. The Morgan fingerprint density at radius 3 is 2.35 bits per heavy atom. The van der Waals surface area contributed by atoms with E-state index in [1.54, 1.807) is 0 Å². The van der Waals surface area contributed by atoms with Crippen LogP contribution in [0.4, 0.5) is 13.2 Å². The van der Waals surface area contributed by atoms with Gasteiger partial charge in [-0.1, -0.05) is 0 Å². The maximum atomic E-state index is 12.5. The Kier molecular flexibility index (Phi) is 3.77. The molecule has 0 aromatic heterocycles. The molecule has 0 unspecified atom stereocenters. The fourth-order valence-electron chi connectivity index (χ4n) is 1.26. The van der Waals surface area contributed by atoms with Gasteiger partial charge < -0.3 is 4.74 Å². The Bertz CT molecular complexity index is 469. The van der Waals surface area contributed by atoms with E-state index in [4.69, 9.17) is 11.6 Å². The number of alkyl halides is 3. The molecule has 0 bridgehead atoms. The summed E-state index contributed by atoms with van der Waals surface area (Å²) in [5.41, 5.74) is -1.92. The number of carbonyl (C=O) groups is 2. The molecule has 1 rings (SSSR count). The molecule has 0 aliphatic heterocycles. The lowest BCUT2D eigenvalue weighted by Gasteiger charge is -2.12. The predicted molar refractivity (Wildman–Crippen MR) is 53.6 cm³/mol. The highest BCUT2D eigenvalue weighted by molar-refractivity contribution is 6.68. The van der Waals surface area contributed by atoms with E-state index < -0.39 is 22.5 Å². The van der Waals surface area contributed by atoms with E-state index in [-0.39, 0.29) is 17.6 Å². The molecule has 1 aromatic carbocycles. The number of ether oxygens (including phenoxy) is 1. The van der Waals surface area contributed by atoms with Gasteiger partial charge in [0.05, 0.1) is 18.2 Å². The summed E-state index contributed by atoms with van der Waals surface area (Å²) >= 11 is 5.18. The van der Waals surface area contributed by atoms with Gasteiger partial charge in [-0.2, -0.15) is 13.2 Å². The predicted octanol–water partition coefficient (Wildman–Crippen LogP) is 2.91. The largest absolute Gasteiger partial charge is 0.496 e. The Hall–Kier alpha value is -1.56. The summed E-state index contributed by atoms with van der Waals surface area (Å²) in [6.07, 6.45) is -4.52. The van der Waals surface area contributed by atoms with Crippen molar-refractivity contribution in [3.63, 3.8) is 0 Å². The van der Waals surface area contributed by atoms with Crippen LogP contribution in [0.5, 0.6) is 5.75 Å². The normalized spacial score (nSPS) is 11.1. The van der Waals surface area contributed by atoms with Crippen molar-refractivity contribution in [2.45, 2.75) is 6.18 Å². The molecule has 3 nitrogen and oxygen atoms in total. The molecule has 92 valence electrons. The van der Waals surface area contributed by atoms with E-state index in [1.807, 2.05) is 0 Å². The maximum absolute atomic E-state index is 12.5. The number of rotatable bonds is 3. The van der Waals surface area contributed by atoms with Crippen LogP contribution in [-0.4, -0.2) is 18.6 Å². The number of aldehydes is 1. The van der Waals surface area contributed by atoms with Gasteiger partial charge in [0.2, 0.25) is 0 Å². The van der Waals surface area contributed by atoms with Crippen LogP contribution in [0.15, 0.2) is 12.1 Å². The molecule has 0 aliphatic rings. The van der Waals surface area contributed by atoms with Gasteiger partial charge in [-0.15, -0.1) is 0 Å². The highest BCUT2D eigenvalue weighted by atomic mass is 35.5. The van der Waals surface area contributed by atoms with Gasteiger partial charge in [0.15, 0.2) is 6.29 Å². The van der Waals surface area contributed by atoms with Crippen LogP contribution in [0, 0.1) is 0 Å². The first-order valence-electron chi connectivity index (χ1n) is 4.25. The molecule has 0 heterocycles. The number of methoxy groups -OCH3 is 1. The van der Waals surface area contributed by atoms with Crippen LogP contribution in [0.25, 0.3) is 0 Å². The maximum Gasteiger partial charge on any atom is 0.416 e. The zero-order valence-electron chi connectivity index (χ0n) is 8.47. The Balaban J connectivity index is 3.56. The van der Waals surface area contributed by atoms with Gasteiger partial charge in [-0.3, -0.25) is 9.59 Å². The van der Waals surface area contributed by atoms with Gasteiger partial charge in [0.1, 0.15) is 5.75 Å².